The van der Waals surface area contributed by atoms with Gasteiger partial charge < -0.3 is 4.74 Å². The normalized spacial score (nSPS) is 12.0. The fourth-order valence-corrected chi connectivity index (χ4v) is 3.25. The van der Waals surface area contributed by atoms with E-state index in [0.29, 0.717) is 27.1 Å². The van der Waals surface area contributed by atoms with Crippen molar-refractivity contribution >= 4 is 34.7 Å². The third-order valence-corrected chi connectivity index (χ3v) is 4.74. The highest BCUT2D eigenvalue weighted by Gasteiger charge is 2.15. The lowest BCUT2D eigenvalue weighted by atomic mass is 10.1. The van der Waals surface area contributed by atoms with Crippen molar-refractivity contribution in [3.8, 4) is 5.69 Å². The number of nitrogens with zero attached hydrogens (tertiary/aromatic N) is 6. The van der Waals surface area contributed by atoms with Gasteiger partial charge in [0.1, 0.15) is 30.7 Å². The first-order chi connectivity index (χ1) is 14.1. The number of hydrogen-bond donors (Lipinski definition) is 0. The average molecular weight is 427 g/mol. The number of aromatic nitrogens is 6. The Morgan fingerprint density at radius 3 is 2.66 bits per heavy atom. The van der Waals surface area contributed by atoms with Crippen LogP contribution in [0.4, 0.5) is 0 Å². The summed E-state index contributed by atoms with van der Waals surface area (Å²) >= 11 is 12.5. The molecule has 4 rings (SSSR count). The smallest absolute Gasteiger partial charge is 0.149 e. The summed E-state index contributed by atoms with van der Waals surface area (Å²) in [7, 11) is 0. The van der Waals surface area contributed by atoms with Crippen molar-refractivity contribution in [1.82, 2.24) is 29.8 Å². The number of allylic oxidation sites excluding steroid dienone is 1. The van der Waals surface area contributed by atoms with Crippen molar-refractivity contribution in [3.05, 3.63) is 88.7 Å². The number of halogens is 2. The van der Waals surface area contributed by atoms with E-state index < -0.39 is 0 Å². The van der Waals surface area contributed by atoms with Crippen molar-refractivity contribution in [1.29, 1.82) is 0 Å². The van der Waals surface area contributed by atoms with Crippen LogP contribution in [0.3, 0.4) is 0 Å². The molecule has 4 aromatic rings. The van der Waals surface area contributed by atoms with Crippen LogP contribution >= 0.6 is 23.2 Å². The Balaban J connectivity index is 1.63. The van der Waals surface area contributed by atoms with E-state index in [0.717, 1.165) is 11.4 Å². The molecule has 0 aliphatic rings. The molecule has 0 radical (unpaired) electrons. The monoisotopic (exact) mass is 426 g/mol. The minimum atomic E-state index is 0.202. The zero-order valence-electron chi connectivity index (χ0n) is 15.4. The third kappa shape index (κ3) is 4.31. The summed E-state index contributed by atoms with van der Waals surface area (Å²) in [6.45, 7) is 2.07. The Labute approximate surface area is 177 Å². The molecule has 0 saturated heterocycles. The van der Waals surface area contributed by atoms with Crippen LogP contribution in [0.5, 0.6) is 0 Å². The standard InChI is InChI=1S/C20H16Cl2N6O/c1-14(28-13-23-12-24-28)20(18-8-7-15(21)9-19(18)22)29-11-16-10-27(26-25-16)17-5-3-2-4-6-17/h2-10,12-13H,11H2,1H3/b20-14-. The maximum absolute atomic E-state index is 6.42. The molecule has 0 fully saturated rings. The van der Waals surface area contributed by atoms with Crippen LogP contribution in [0.25, 0.3) is 17.1 Å². The molecule has 146 valence electrons. The number of benzene rings is 2. The second-order valence-corrected chi connectivity index (χ2v) is 7.00. The topological polar surface area (TPSA) is 70.7 Å². The molecule has 0 amide bonds. The summed E-state index contributed by atoms with van der Waals surface area (Å²) in [5.74, 6) is 0.548. The first-order valence-electron chi connectivity index (χ1n) is 8.72. The number of rotatable bonds is 6. The van der Waals surface area contributed by atoms with Gasteiger partial charge in [0.2, 0.25) is 0 Å². The van der Waals surface area contributed by atoms with Crippen molar-refractivity contribution < 1.29 is 4.74 Å². The van der Waals surface area contributed by atoms with Crippen LogP contribution in [-0.4, -0.2) is 29.8 Å². The van der Waals surface area contributed by atoms with Crippen LogP contribution in [0.1, 0.15) is 18.2 Å². The van der Waals surface area contributed by atoms with E-state index in [1.165, 1.54) is 6.33 Å². The third-order valence-electron chi connectivity index (χ3n) is 4.19. The summed E-state index contributed by atoms with van der Waals surface area (Å²) in [4.78, 5) is 3.99. The highest BCUT2D eigenvalue weighted by atomic mass is 35.5. The van der Waals surface area contributed by atoms with Crippen LogP contribution in [0.2, 0.25) is 10.0 Å². The van der Waals surface area contributed by atoms with Gasteiger partial charge in [0.05, 0.1) is 22.6 Å². The second-order valence-electron chi connectivity index (χ2n) is 6.16. The van der Waals surface area contributed by atoms with E-state index in [-0.39, 0.29) is 6.61 Å². The molecule has 0 N–H and O–H groups in total. The molecular formula is C20H16Cl2N6O. The molecule has 0 aliphatic carbocycles. The van der Waals surface area contributed by atoms with Crippen molar-refractivity contribution in [2.24, 2.45) is 0 Å². The second kappa shape index (κ2) is 8.46. The zero-order chi connectivity index (χ0) is 20.2. The fraction of sp³-hybridized carbons (Fsp3) is 0.100. The summed E-state index contributed by atoms with van der Waals surface area (Å²) in [5.41, 5.74) is 3.01. The molecule has 29 heavy (non-hydrogen) atoms. The maximum atomic E-state index is 6.42. The molecular weight excluding hydrogens is 411 g/mol. The highest BCUT2D eigenvalue weighted by molar-refractivity contribution is 6.35. The summed E-state index contributed by atoms with van der Waals surface area (Å²) in [6, 6.07) is 15.0. The lowest BCUT2D eigenvalue weighted by Crippen LogP contribution is -2.03. The predicted molar refractivity (Wildman–Crippen MR) is 111 cm³/mol. The molecule has 2 aromatic heterocycles. The van der Waals surface area contributed by atoms with Gasteiger partial charge in [-0.15, -0.1) is 5.10 Å². The summed E-state index contributed by atoms with van der Waals surface area (Å²) in [5, 5.41) is 13.5. The fourth-order valence-electron chi connectivity index (χ4n) is 2.75. The van der Waals surface area contributed by atoms with E-state index in [9.17, 15) is 0 Å². The van der Waals surface area contributed by atoms with Gasteiger partial charge in [-0.2, -0.15) is 5.10 Å². The lowest BCUT2D eigenvalue weighted by Gasteiger charge is -2.15. The Morgan fingerprint density at radius 2 is 1.93 bits per heavy atom. The van der Waals surface area contributed by atoms with E-state index in [2.05, 4.69) is 20.4 Å². The van der Waals surface area contributed by atoms with Crippen LogP contribution in [0.15, 0.2) is 67.4 Å². The van der Waals surface area contributed by atoms with E-state index >= 15 is 0 Å². The SMILES string of the molecule is C/C(=C(/OCc1cn(-c2ccccc2)nn1)c1ccc(Cl)cc1Cl)n1cncn1. The summed E-state index contributed by atoms with van der Waals surface area (Å²) in [6.07, 6.45) is 4.87. The molecule has 7 nitrogen and oxygen atoms in total. The molecule has 0 aliphatic heterocycles. The Morgan fingerprint density at radius 1 is 1.10 bits per heavy atom. The summed E-state index contributed by atoms with van der Waals surface area (Å²) < 4.78 is 9.43. The van der Waals surface area contributed by atoms with Crippen molar-refractivity contribution in [2.45, 2.75) is 13.5 Å². The minimum absolute atomic E-state index is 0.202. The van der Waals surface area contributed by atoms with E-state index in [1.54, 1.807) is 33.9 Å². The number of para-hydroxylation sites is 1. The van der Waals surface area contributed by atoms with Gasteiger partial charge in [0, 0.05) is 10.6 Å². The first-order valence-corrected chi connectivity index (χ1v) is 9.48. The van der Waals surface area contributed by atoms with Crippen molar-refractivity contribution in [2.75, 3.05) is 0 Å². The van der Waals surface area contributed by atoms with Gasteiger partial charge in [-0.3, -0.25) is 0 Å². The Kier molecular flexibility index (Phi) is 5.59. The lowest BCUT2D eigenvalue weighted by molar-refractivity contribution is 0.259. The van der Waals surface area contributed by atoms with E-state index in [4.69, 9.17) is 27.9 Å². The molecule has 0 atom stereocenters. The highest BCUT2D eigenvalue weighted by Crippen LogP contribution is 2.31. The Hall–Kier alpha value is -3.16. The number of ether oxygens (including phenoxy) is 1. The van der Waals surface area contributed by atoms with Gasteiger partial charge in [-0.25, -0.2) is 14.3 Å². The number of hydrogen-bond acceptors (Lipinski definition) is 5. The van der Waals surface area contributed by atoms with Gasteiger partial charge in [-0.05, 0) is 37.3 Å². The molecule has 0 spiro atoms. The van der Waals surface area contributed by atoms with Gasteiger partial charge in [0.25, 0.3) is 0 Å². The van der Waals surface area contributed by atoms with Gasteiger partial charge in [-0.1, -0.05) is 46.6 Å². The first kappa shape index (κ1) is 19.2. The molecule has 2 heterocycles. The van der Waals surface area contributed by atoms with Crippen molar-refractivity contribution in [3.63, 3.8) is 0 Å². The van der Waals surface area contributed by atoms with Gasteiger partial charge >= 0.3 is 0 Å². The van der Waals surface area contributed by atoms with Crippen LogP contribution in [0, 0.1) is 0 Å². The minimum Gasteiger partial charge on any atom is -0.485 e. The molecule has 9 heteroatoms. The zero-order valence-corrected chi connectivity index (χ0v) is 16.9. The molecule has 2 aromatic carbocycles. The average Bonchev–Trinajstić information content (AvgIpc) is 3.42. The molecule has 0 bridgehead atoms. The quantitative estimate of drug-likeness (QED) is 0.416. The van der Waals surface area contributed by atoms with Crippen LogP contribution in [-0.2, 0) is 11.3 Å². The maximum Gasteiger partial charge on any atom is 0.149 e. The predicted octanol–water partition coefficient (Wildman–Crippen LogP) is 4.73. The van der Waals surface area contributed by atoms with Crippen LogP contribution < -0.4 is 0 Å². The molecule has 0 saturated carbocycles. The van der Waals surface area contributed by atoms with E-state index in [1.807, 2.05) is 43.5 Å². The molecule has 0 unspecified atom stereocenters. The Bertz CT molecular complexity index is 1140. The largest absolute Gasteiger partial charge is 0.485 e. The van der Waals surface area contributed by atoms with Gasteiger partial charge in [0.15, 0.2) is 0 Å².